The first kappa shape index (κ1) is 59.5. The Hall–Kier alpha value is -2.55. The van der Waals surface area contributed by atoms with Crippen LogP contribution >= 0.6 is 7.82 Å². The summed E-state index contributed by atoms with van der Waals surface area (Å²) < 4.78 is 34.3. The lowest BCUT2D eigenvalue weighted by Crippen LogP contribution is -2.37. The van der Waals surface area contributed by atoms with Crippen LogP contribution in [0.2, 0.25) is 0 Å². The van der Waals surface area contributed by atoms with Crippen molar-refractivity contribution >= 4 is 19.8 Å². The summed E-state index contributed by atoms with van der Waals surface area (Å²) in [5, 5.41) is 0. The van der Waals surface area contributed by atoms with Crippen molar-refractivity contribution in [1.82, 2.24) is 0 Å². The lowest BCUT2D eigenvalue weighted by molar-refractivity contribution is -0.870. The largest absolute Gasteiger partial charge is 0.472 e. The fourth-order valence-electron chi connectivity index (χ4n) is 6.41. The van der Waals surface area contributed by atoms with Crippen LogP contribution in [0.4, 0.5) is 0 Å². The minimum absolute atomic E-state index is 0.0163. The quantitative estimate of drug-likeness (QED) is 0.0212. The van der Waals surface area contributed by atoms with Gasteiger partial charge in [0.2, 0.25) is 0 Å². The fraction of sp³-hybridized carbons (Fsp3) is 0.731. The number of carbonyl (C=O) groups is 2. The number of unbranched alkanes of at least 4 members (excludes halogenated alkanes) is 18. The minimum Gasteiger partial charge on any atom is -0.462 e. The summed E-state index contributed by atoms with van der Waals surface area (Å²) in [6, 6.07) is 0. The SMILES string of the molecule is CC/C=C\C/C=C\C/C=C\C/C=C\CCC(=O)OC(COC(=O)CCCCCCCCCCCCCCC/C=C\C/C=C\CCCCCCC)COP(=O)(O)OCC[N+](C)(C)C. The number of phosphoric acid groups is 1. The molecule has 0 amide bonds. The van der Waals surface area contributed by atoms with Crippen LogP contribution in [-0.4, -0.2) is 74.9 Å². The Morgan fingerprint density at radius 3 is 1.44 bits per heavy atom. The molecule has 0 aromatic carbocycles. The molecule has 0 aromatic heterocycles. The summed E-state index contributed by atoms with van der Waals surface area (Å²) in [6.45, 7) is 4.21. The van der Waals surface area contributed by atoms with Crippen molar-refractivity contribution in [3.8, 4) is 0 Å². The van der Waals surface area contributed by atoms with Gasteiger partial charge in [-0.3, -0.25) is 18.6 Å². The van der Waals surface area contributed by atoms with Gasteiger partial charge >= 0.3 is 19.8 Å². The highest BCUT2D eigenvalue weighted by Gasteiger charge is 2.27. The van der Waals surface area contributed by atoms with E-state index in [4.69, 9.17) is 18.5 Å². The standard InChI is InChI=1S/C52H92NO8P/c1-6-8-10-12-14-16-18-20-21-22-23-24-25-26-27-28-29-30-31-33-34-36-38-40-42-44-51(54)58-48-50(49-60-62(56,57)59-47-46-53(3,4)5)61-52(55)45-43-41-39-37-35-32-19-17-15-13-11-9-7-2/h9,11,15,17-18,20,22-23,32,35,39,41,50H,6-8,10,12-14,16,19,21,24-31,33-34,36-38,40,42-49H2,1-5H3/p+1/b11-9-,17-15-,20-18-,23-22-,35-32-,41-39-. The Morgan fingerprint density at radius 1 is 0.516 bits per heavy atom. The normalized spacial score (nSPS) is 14.1. The maximum absolute atomic E-state index is 12.7. The van der Waals surface area contributed by atoms with Gasteiger partial charge in [0.25, 0.3) is 0 Å². The number of phosphoric ester groups is 1. The van der Waals surface area contributed by atoms with Crippen LogP contribution in [0.25, 0.3) is 0 Å². The zero-order chi connectivity index (χ0) is 45.7. The van der Waals surface area contributed by atoms with E-state index >= 15 is 0 Å². The molecule has 10 heteroatoms. The first-order valence-corrected chi connectivity index (χ1v) is 26.2. The summed E-state index contributed by atoms with van der Waals surface area (Å²) in [7, 11) is 1.43. The zero-order valence-electron chi connectivity index (χ0n) is 40.3. The Morgan fingerprint density at radius 2 is 0.952 bits per heavy atom. The maximum atomic E-state index is 12.7. The molecular weight excluding hydrogens is 798 g/mol. The van der Waals surface area contributed by atoms with Crippen LogP contribution in [0.5, 0.6) is 0 Å². The van der Waals surface area contributed by atoms with Crippen molar-refractivity contribution in [2.24, 2.45) is 0 Å². The van der Waals surface area contributed by atoms with E-state index in [1.807, 2.05) is 33.3 Å². The number of carbonyl (C=O) groups excluding carboxylic acids is 2. The number of quaternary nitrogens is 1. The fourth-order valence-corrected chi connectivity index (χ4v) is 7.15. The van der Waals surface area contributed by atoms with Gasteiger partial charge < -0.3 is 18.9 Å². The van der Waals surface area contributed by atoms with Crippen LogP contribution < -0.4 is 0 Å². The van der Waals surface area contributed by atoms with Crippen LogP contribution in [0.15, 0.2) is 72.9 Å². The van der Waals surface area contributed by atoms with Gasteiger partial charge in [0.1, 0.15) is 19.8 Å². The molecule has 0 heterocycles. The van der Waals surface area contributed by atoms with Crippen molar-refractivity contribution < 1.29 is 42.1 Å². The lowest BCUT2D eigenvalue weighted by Gasteiger charge is -2.24. The molecule has 62 heavy (non-hydrogen) atoms. The van der Waals surface area contributed by atoms with E-state index < -0.39 is 26.5 Å². The summed E-state index contributed by atoms with van der Waals surface area (Å²) in [5.74, 6) is -0.896. The van der Waals surface area contributed by atoms with Gasteiger partial charge in [-0.2, -0.15) is 0 Å². The van der Waals surface area contributed by atoms with E-state index in [1.165, 1.54) is 109 Å². The molecule has 358 valence electrons. The number of nitrogens with zero attached hydrogens (tertiary/aromatic N) is 1. The lowest BCUT2D eigenvalue weighted by atomic mass is 10.0. The monoisotopic (exact) mass is 891 g/mol. The molecule has 0 fully saturated rings. The third-order valence-electron chi connectivity index (χ3n) is 10.2. The number of rotatable bonds is 44. The number of ether oxygens (including phenoxy) is 2. The van der Waals surface area contributed by atoms with Gasteiger partial charge in [-0.15, -0.1) is 0 Å². The van der Waals surface area contributed by atoms with E-state index in [0.29, 0.717) is 17.4 Å². The molecule has 0 aliphatic rings. The van der Waals surface area contributed by atoms with Crippen molar-refractivity contribution in [3.05, 3.63) is 72.9 Å². The summed E-state index contributed by atoms with van der Waals surface area (Å²) in [5.41, 5.74) is 0. The van der Waals surface area contributed by atoms with Gasteiger partial charge in [0.05, 0.1) is 27.7 Å². The predicted molar refractivity (Wildman–Crippen MR) is 261 cm³/mol. The molecule has 0 aliphatic carbocycles. The summed E-state index contributed by atoms with van der Waals surface area (Å²) in [6.07, 6.45) is 55.6. The number of likely N-dealkylation sites (N-methyl/N-ethyl adjacent to an activating group) is 1. The molecule has 0 rings (SSSR count). The second-order valence-corrected chi connectivity index (χ2v) is 18.9. The van der Waals surface area contributed by atoms with E-state index in [9.17, 15) is 19.0 Å². The van der Waals surface area contributed by atoms with Crippen LogP contribution in [0, 0.1) is 0 Å². The maximum Gasteiger partial charge on any atom is 0.472 e. The molecule has 2 unspecified atom stereocenters. The third-order valence-corrected chi connectivity index (χ3v) is 11.2. The number of hydrogen-bond donors (Lipinski definition) is 1. The smallest absolute Gasteiger partial charge is 0.462 e. The van der Waals surface area contributed by atoms with Crippen LogP contribution in [-0.2, 0) is 32.7 Å². The third kappa shape index (κ3) is 46.9. The first-order chi connectivity index (χ1) is 30.0. The summed E-state index contributed by atoms with van der Waals surface area (Å²) in [4.78, 5) is 35.4. The molecule has 0 spiro atoms. The highest BCUT2D eigenvalue weighted by atomic mass is 31.2. The minimum atomic E-state index is -4.40. The van der Waals surface area contributed by atoms with Gasteiger partial charge in [-0.05, 0) is 70.6 Å². The summed E-state index contributed by atoms with van der Waals surface area (Å²) >= 11 is 0. The first-order valence-electron chi connectivity index (χ1n) is 24.7. The van der Waals surface area contributed by atoms with Crippen LogP contribution in [0.1, 0.15) is 194 Å². The second kappa shape index (κ2) is 43.7. The molecule has 0 bridgehead atoms. The van der Waals surface area contributed by atoms with Crippen molar-refractivity contribution in [3.63, 3.8) is 0 Å². The van der Waals surface area contributed by atoms with E-state index in [2.05, 4.69) is 74.6 Å². The highest BCUT2D eigenvalue weighted by molar-refractivity contribution is 7.47. The molecule has 9 nitrogen and oxygen atoms in total. The average Bonchev–Trinajstić information content (AvgIpc) is 3.23. The molecule has 0 aliphatic heterocycles. The molecule has 2 atom stereocenters. The van der Waals surface area contributed by atoms with E-state index in [-0.39, 0.29) is 32.0 Å². The van der Waals surface area contributed by atoms with E-state index in [0.717, 1.165) is 51.4 Å². The molecule has 0 aromatic rings. The molecule has 0 radical (unpaired) electrons. The number of allylic oxidation sites excluding steroid dienone is 12. The highest BCUT2D eigenvalue weighted by Crippen LogP contribution is 2.43. The molecule has 0 saturated heterocycles. The van der Waals surface area contributed by atoms with Gasteiger partial charge in [0.15, 0.2) is 6.10 Å². The van der Waals surface area contributed by atoms with Crippen molar-refractivity contribution in [2.45, 2.75) is 200 Å². The van der Waals surface area contributed by atoms with Gasteiger partial charge in [0, 0.05) is 12.8 Å². The average molecular weight is 891 g/mol. The Labute approximate surface area is 380 Å². The number of hydrogen-bond acceptors (Lipinski definition) is 7. The molecule has 0 saturated carbocycles. The van der Waals surface area contributed by atoms with Crippen LogP contribution in [0.3, 0.4) is 0 Å². The number of esters is 2. The Bertz CT molecular complexity index is 1280. The predicted octanol–water partition coefficient (Wildman–Crippen LogP) is 14.6. The molecular formula is C52H93NO8P+. The zero-order valence-corrected chi connectivity index (χ0v) is 41.2. The van der Waals surface area contributed by atoms with Gasteiger partial charge in [-0.1, -0.05) is 183 Å². The second-order valence-electron chi connectivity index (χ2n) is 17.5. The van der Waals surface area contributed by atoms with Crippen molar-refractivity contribution in [2.75, 3.05) is 47.5 Å². The van der Waals surface area contributed by atoms with E-state index in [1.54, 1.807) is 0 Å². The van der Waals surface area contributed by atoms with Gasteiger partial charge in [-0.25, -0.2) is 4.57 Å². The van der Waals surface area contributed by atoms with Crippen molar-refractivity contribution in [1.29, 1.82) is 0 Å². The Kier molecular flexibility index (Phi) is 41.9. The topological polar surface area (TPSA) is 108 Å². The molecule has 1 N–H and O–H groups in total. The Balaban J connectivity index is 4.23.